The van der Waals surface area contributed by atoms with E-state index in [1.165, 1.54) is 6.08 Å². The van der Waals surface area contributed by atoms with Crippen LogP contribution < -0.4 is 0 Å². The van der Waals surface area contributed by atoms with Crippen LogP contribution in [0.15, 0.2) is 12.2 Å². The quantitative estimate of drug-likeness (QED) is 0.456. The molecule has 0 aromatic carbocycles. The third-order valence-corrected chi connectivity index (χ3v) is 2.59. The van der Waals surface area contributed by atoms with E-state index in [0.717, 1.165) is 6.08 Å². The van der Waals surface area contributed by atoms with E-state index in [4.69, 9.17) is 15.3 Å². The minimum atomic E-state index is -2.24. The third kappa shape index (κ3) is 1.58. The smallest absolute Gasteiger partial charge is 0.322 e. The average molecular weight is 214 g/mol. The molecule has 0 saturated heterocycles. The molecule has 1 rings (SSSR count). The lowest BCUT2D eigenvalue weighted by Crippen LogP contribution is -2.49. The summed E-state index contributed by atoms with van der Waals surface area (Å²) in [7, 11) is 0. The van der Waals surface area contributed by atoms with E-state index in [1.807, 2.05) is 0 Å². The van der Waals surface area contributed by atoms with Crippen molar-refractivity contribution in [1.29, 1.82) is 0 Å². The zero-order chi connectivity index (χ0) is 11.6. The first-order valence-corrected chi connectivity index (χ1v) is 4.29. The number of carboxylic acid groups (broad SMARTS) is 3. The van der Waals surface area contributed by atoms with E-state index in [1.54, 1.807) is 0 Å². The SMILES string of the molecule is O=C(O)C1C=CCCC1(C(=O)O)C(=O)O. The maximum absolute atomic E-state index is 11.0. The summed E-state index contributed by atoms with van der Waals surface area (Å²) in [6.45, 7) is 0. The van der Waals surface area contributed by atoms with Crippen molar-refractivity contribution in [2.75, 3.05) is 0 Å². The van der Waals surface area contributed by atoms with Crippen molar-refractivity contribution in [2.45, 2.75) is 12.8 Å². The van der Waals surface area contributed by atoms with Crippen molar-refractivity contribution >= 4 is 17.9 Å². The Morgan fingerprint density at radius 2 is 1.67 bits per heavy atom. The van der Waals surface area contributed by atoms with Crippen LogP contribution in [-0.2, 0) is 14.4 Å². The van der Waals surface area contributed by atoms with Gasteiger partial charge in [0.2, 0.25) is 0 Å². The summed E-state index contributed by atoms with van der Waals surface area (Å²) >= 11 is 0. The van der Waals surface area contributed by atoms with Gasteiger partial charge in [-0.15, -0.1) is 0 Å². The van der Waals surface area contributed by atoms with Crippen LogP contribution in [0.1, 0.15) is 12.8 Å². The van der Waals surface area contributed by atoms with Gasteiger partial charge in [-0.05, 0) is 12.8 Å². The standard InChI is InChI=1S/C9H10O6/c10-6(11)5-3-1-2-4-9(5,7(12)13)8(14)15/h1,3,5H,2,4H2,(H,10,11)(H,12,13)(H,14,15). The normalized spacial score (nSPS) is 23.3. The van der Waals surface area contributed by atoms with Crippen LogP contribution in [0.25, 0.3) is 0 Å². The topological polar surface area (TPSA) is 112 Å². The summed E-state index contributed by atoms with van der Waals surface area (Å²) in [6.07, 6.45) is 2.67. The molecule has 0 aliphatic heterocycles. The summed E-state index contributed by atoms with van der Waals surface area (Å²) in [4.78, 5) is 32.7. The van der Waals surface area contributed by atoms with Crippen molar-refractivity contribution < 1.29 is 29.7 Å². The minimum Gasteiger partial charge on any atom is -0.481 e. The summed E-state index contributed by atoms with van der Waals surface area (Å²) in [6, 6.07) is 0. The summed E-state index contributed by atoms with van der Waals surface area (Å²) < 4.78 is 0. The summed E-state index contributed by atoms with van der Waals surface area (Å²) in [5.74, 6) is -6.16. The second kappa shape index (κ2) is 3.72. The molecule has 0 amide bonds. The van der Waals surface area contributed by atoms with Gasteiger partial charge in [0.15, 0.2) is 5.41 Å². The van der Waals surface area contributed by atoms with Gasteiger partial charge in [-0.3, -0.25) is 14.4 Å². The lowest BCUT2D eigenvalue weighted by Gasteiger charge is -2.31. The predicted molar refractivity (Wildman–Crippen MR) is 47.2 cm³/mol. The predicted octanol–water partition coefficient (Wildman–Crippen LogP) is 0.193. The molecule has 1 aliphatic carbocycles. The Labute approximate surface area is 84.8 Å². The van der Waals surface area contributed by atoms with Gasteiger partial charge in [0.1, 0.15) is 5.92 Å². The molecule has 0 fully saturated rings. The van der Waals surface area contributed by atoms with E-state index in [9.17, 15) is 14.4 Å². The van der Waals surface area contributed by atoms with Crippen molar-refractivity contribution in [1.82, 2.24) is 0 Å². The molecule has 82 valence electrons. The average Bonchev–Trinajstić information content (AvgIpc) is 2.16. The molecule has 0 bridgehead atoms. The molecule has 6 heteroatoms. The maximum Gasteiger partial charge on any atom is 0.322 e. The zero-order valence-corrected chi connectivity index (χ0v) is 7.71. The van der Waals surface area contributed by atoms with Gasteiger partial charge in [-0.25, -0.2) is 0 Å². The van der Waals surface area contributed by atoms with E-state index in [2.05, 4.69) is 0 Å². The first kappa shape index (κ1) is 11.2. The fourth-order valence-electron chi connectivity index (χ4n) is 1.73. The number of carbonyl (C=O) groups is 3. The van der Waals surface area contributed by atoms with Gasteiger partial charge < -0.3 is 15.3 Å². The van der Waals surface area contributed by atoms with Gasteiger partial charge in [0.05, 0.1) is 0 Å². The molecule has 1 aliphatic rings. The van der Waals surface area contributed by atoms with Crippen molar-refractivity contribution in [3.8, 4) is 0 Å². The number of rotatable bonds is 3. The Hall–Kier alpha value is -1.85. The lowest BCUT2D eigenvalue weighted by atomic mass is 9.69. The highest BCUT2D eigenvalue weighted by molar-refractivity contribution is 6.03. The molecule has 3 N–H and O–H groups in total. The Balaban J connectivity index is 3.26. The fourth-order valence-corrected chi connectivity index (χ4v) is 1.73. The molecule has 1 unspecified atom stereocenters. The molecule has 1 atom stereocenters. The second-order valence-electron chi connectivity index (χ2n) is 3.36. The highest BCUT2D eigenvalue weighted by atomic mass is 16.4. The number of carboxylic acids is 3. The molecule has 15 heavy (non-hydrogen) atoms. The molecule has 0 radical (unpaired) electrons. The van der Waals surface area contributed by atoms with Crippen LogP contribution in [0, 0.1) is 11.3 Å². The van der Waals surface area contributed by atoms with Crippen LogP contribution in [0.4, 0.5) is 0 Å². The van der Waals surface area contributed by atoms with Gasteiger partial charge in [0, 0.05) is 0 Å². The number of hydrogen-bond acceptors (Lipinski definition) is 3. The van der Waals surface area contributed by atoms with Gasteiger partial charge >= 0.3 is 17.9 Å². The Kier molecular flexibility index (Phi) is 2.78. The molecule has 0 spiro atoms. The Morgan fingerprint density at radius 1 is 1.13 bits per heavy atom. The van der Waals surface area contributed by atoms with Crippen LogP contribution in [-0.4, -0.2) is 33.2 Å². The second-order valence-corrected chi connectivity index (χ2v) is 3.36. The highest BCUT2D eigenvalue weighted by Gasteiger charge is 2.55. The molecule has 0 saturated carbocycles. The van der Waals surface area contributed by atoms with Gasteiger partial charge in [-0.1, -0.05) is 12.2 Å². The third-order valence-electron chi connectivity index (χ3n) is 2.59. The lowest BCUT2D eigenvalue weighted by molar-refractivity contribution is -0.174. The molecule has 0 aromatic heterocycles. The number of allylic oxidation sites excluding steroid dienone is 1. The Morgan fingerprint density at radius 3 is 2.00 bits per heavy atom. The zero-order valence-electron chi connectivity index (χ0n) is 7.71. The first-order chi connectivity index (χ1) is 6.93. The monoisotopic (exact) mass is 214 g/mol. The summed E-state index contributed by atoms with van der Waals surface area (Å²) in [5.41, 5.74) is -2.24. The highest BCUT2D eigenvalue weighted by Crippen LogP contribution is 2.38. The molecular formula is C9H10O6. The molecule has 0 heterocycles. The van der Waals surface area contributed by atoms with Gasteiger partial charge in [0.25, 0.3) is 0 Å². The largest absolute Gasteiger partial charge is 0.481 e. The number of aliphatic carboxylic acids is 3. The van der Waals surface area contributed by atoms with Crippen LogP contribution >= 0.6 is 0 Å². The van der Waals surface area contributed by atoms with Crippen molar-refractivity contribution in [3.63, 3.8) is 0 Å². The van der Waals surface area contributed by atoms with Crippen molar-refractivity contribution in [3.05, 3.63) is 12.2 Å². The van der Waals surface area contributed by atoms with Crippen LogP contribution in [0.2, 0.25) is 0 Å². The summed E-state index contributed by atoms with van der Waals surface area (Å²) in [5, 5.41) is 26.6. The van der Waals surface area contributed by atoms with E-state index >= 15 is 0 Å². The van der Waals surface area contributed by atoms with Gasteiger partial charge in [-0.2, -0.15) is 0 Å². The minimum absolute atomic E-state index is 0.203. The first-order valence-electron chi connectivity index (χ1n) is 4.29. The number of hydrogen-bond donors (Lipinski definition) is 3. The van der Waals surface area contributed by atoms with Crippen LogP contribution in [0.5, 0.6) is 0 Å². The van der Waals surface area contributed by atoms with E-state index in [0.29, 0.717) is 0 Å². The van der Waals surface area contributed by atoms with Crippen LogP contribution in [0.3, 0.4) is 0 Å². The van der Waals surface area contributed by atoms with Crippen molar-refractivity contribution in [2.24, 2.45) is 11.3 Å². The molecular weight excluding hydrogens is 204 g/mol. The van der Waals surface area contributed by atoms with E-state index in [-0.39, 0.29) is 12.8 Å². The molecule has 0 aromatic rings. The maximum atomic E-state index is 11.0. The molecule has 6 nitrogen and oxygen atoms in total. The van der Waals surface area contributed by atoms with E-state index < -0.39 is 29.2 Å². The Bertz CT molecular complexity index is 329. The fraction of sp³-hybridized carbons (Fsp3) is 0.444.